The van der Waals surface area contributed by atoms with Crippen LogP contribution in [0.1, 0.15) is 53.9 Å². The average Bonchev–Trinajstić information content (AvgIpc) is 2.22. The number of allylic oxidation sites excluding steroid dienone is 3. The number of ether oxygens (including phenoxy) is 1. The van der Waals surface area contributed by atoms with Gasteiger partial charge in [-0.25, -0.2) is 0 Å². The third-order valence-corrected chi connectivity index (χ3v) is 2.61. The van der Waals surface area contributed by atoms with Gasteiger partial charge in [-0.1, -0.05) is 17.7 Å². The van der Waals surface area contributed by atoms with Crippen LogP contribution in [0, 0.1) is 5.92 Å². The second kappa shape index (κ2) is 8.16. The van der Waals surface area contributed by atoms with Crippen LogP contribution in [-0.4, -0.2) is 22.8 Å². The Morgan fingerprint density at radius 3 is 2.37 bits per heavy atom. The first-order valence-corrected chi connectivity index (χ1v) is 6.82. The largest absolute Gasteiger partial charge is 0.460 e. The number of rotatable bonds is 7. The van der Waals surface area contributed by atoms with E-state index in [9.17, 15) is 9.90 Å². The van der Waals surface area contributed by atoms with Crippen molar-refractivity contribution in [3.63, 3.8) is 0 Å². The van der Waals surface area contributed by atoms with Crippen molar-refractivity contribution in [1.29, 1.82) is 0 Å². The highest BCUT2D eigenvalue weighted by atomic mass is 16.6. The molecule has 0 aromatic carbocycles. The predicted molar refractivity (Wildman–Crippen MR) is 78.8 cm³/mol. The van der Waals surface area contributed by atoms with Gasteiger partial charge in [-0.05, 0) is 53.9 Å². The Morgan fingerprint density at radius 2 is 1.95 bits per heavy atom. The zero-order valence-corrected chi connectivity index (χ0v) is 12.9. The summed E-state index contributed by atoms with van der Waals surface area (Å²) < 4.78 is 5.34. The zero-order valence-electron chi connectivity index (χ0n) is 12.9. The molecule has 0 aliphatic carbocycles. The number of hydrogen-bond acceptors (Lipinski definition) is 3. The highest BCUT2D eigenvalue weighted by Gasteiger charge is 2.29. The Bertz CT molecular complexity index is 319. The van der Waals surface area contributed by atoms with E-state index in [1.165, 1.54) is 5.57 Å². The molecule has 3 nitrogen and oxygen atoms in total. The van der Waals surface area contributed by atoms with E-state index in [2.05, 4.69) is 12.7 Å². The van der Waals surface area contributed by atoms with E-state index in [0.717, 1.165) is 6.42 Å². The molecule has 3 heteroatoms. The van der Waals surface area contributed by atoms with Crippen molar-refractivity contribution < 1.29 is 14.6 Å². The van der Waals surface area contributed by atoms with Gasteiger partial charge in [0.2, 0.25) is 0 Å². The molecule has 0 unspecified atom stereocenters. The molecule has 0 heterocycles. The molecular weight excluding hydrogens is 240 g/mol. The number of hydrogen-bond donors (Lipinski definition) is 1. The Hall–Kier alpha value is -1.09. The minimum atomic E-state index is -0.691. The SMILES string of the molecule is C=CC[C@H](C(=O)OC(C)(C)C)[C@@H](O)CCC=C(C)C. The van der Waals surface area contributed by atoms with E-state index < -0.39 is 17.6 Å². The van der Waals surface area contributed by atoms with Crippen molar-refractivity contribution >= 4 is 5.97 Å². The molecule has 0 aliphatic heterocycles. The Morgan fingerprint density at radius 1 is 1.37 bits per heavy atom. The number of aliphatic hydroxyl groups excluding tert-OH is 1. The van der Waals surface area contributed by atoms with E-state index in [1.807, 2.05) is 34.6 Å². The molecule has 0 fully saturated rings. The van der Waals surface area contributed by atoms with Crippen LogP contribution >= 0.6 is 0 Å². The Balaban J connectivity index is 4.57. The maximum atomic E-state index is 12.0. The van der Waals surface area contributed by atoms with Crippen LogP contribution in [0.2, 0.25) is 0 Å². The van der Waals surface area contributed by atoms with Crippen molar-refractivity contribution in [3.05, 3.63) is 24.3 Å². The first-order chi connectivity index (χ1) is 8.67. The fraction of sp³-hybridized carbons (Fsp3) is 0.688. The fourth-order valence-corrected chi connectivity index (χ4v) is 1.71. The van der Waals surface area contributed by atoms with Crippen molar-refractivity contribution in [2.24, 2.45) is 5.92 Å². The van der Waals surface area contributed by atoms with Crippen molar-refractivity contribution in [2.45, 2.75) is 65.6 Å². The number of carbonyl (C=O) groups excluding carboxylic acids is 1. The highest BCUT2D eigenvalue weighted by molar-refractivity contribution is 5.73. The van der Waals surface area contributed by atoms with Crippen molar-refractivity contribution in [1.82, 2.24) is 0 Å². The van der Waals surface area contributed by atoms with Crippen LogP contribution < -0.4 is 0 Å². The third kappa shape index (κ3) is 8.60. The van der Waals surface area contributed by atoms with E-state index in [1.54, 1.807) is 6.08 Å². The van der Waals surface area contributed by atoms with Gasteiger partial charge in [-0.3, -0.25) is 4.79 Å². The molecule has 1 N–H and O–H groups in total. The van der Waals surface area contributed by atoms with Gasteiger partial charge in [-0.15, -0.1) is 6.58 Å². The summed E-state index contributed by atoms with van der Waals surface area (Å²) in [7, 11) is 0. The van der Waals surface area contributed by atoms with Crippen molar-refractivity contribution in [3.8, 4) is 0 Å². The molecular formula is C16H28O3. The molecule has 0 amide bonds. The Labute approximate surface area is 117 Å². The summed E-state index contributed by atoms with van der Waals surface area (Å²) in [6, 6.07) is 0. The lowest BCUT2D eigenvalue weighted by molar-refractivity contribution is -0.164. The molecule has 0 rings (SSSR count). The minimum absolute atomic E-state index is 0.350. The van der Waals surface area contributed by atoms with Gasteiger partial charge in [0.1, 0.15) is 5.60 Å². The molecule has 0 saturated carbocycles. The number of aliphatic hydroxyl groups is 1. The molecule has 0 spiro atoms. The average molecular weight is 268 g/mol. The van der Waals surface area contributed by atoms with Crippen LogP contribution in [0.3, 0.4) is 0 Å². The van der Waals surface area contributed by atoms with Gasteiger partial charge in [0, 0.05) is 0 Å². The summed E-state index contributed by atoms with van der Waals surface area (Å²) in [5, 5.41) is 10.1. The molecule has 0 saturated heterocycles. The maximum absolute atomic E-state index is 12.0. The van der Waals surface area contributed by atoms with Crippen LogP contribution in [-0.2, 0) is 9.53 Å². The smallest absolute Gasteiger partial charge is 0.312 e. The van der Waals surface area contributed by atoms with Gasteiger partial charge in [0.25, 0.3) is 0 Å². The molecule has 0 radical (unpaired) electrons. The fourth-order valence-electron chi connectivity index (χ4n) is 1.71. The number of carbonyl (C=O) groups is 1. The van der Waals surface area contributed by atoms with Crippen LogP contribution in [0.25, 0.3) is 0 Å². The predicted octanol–water partition coefficient (Wildman–Crippen LogP) is 3.63. The quantitative estimate of drug-likeness (QED) is 0.566. The van der Waals surface area contributed by atoms with Gasteiger partial charge < -0.3 is 9.84 Å². The number of esters is 1. The molecule has 0 aromatic rings. The topological polar surface area (TPSA) is 46.5 Å². The standard InChI is InChI=1S/C16H28O3/c1-7-9-13(15(18)19-16(4,5)6)14(17)11-8-10-12(2)3/h7,10,13-14,17H,1,8-9,11H2,2-6H3/t13-,14-/m0/s1. The molecule has 19 heavy (non-hydrogen) atoms. The molecule has 110 valence electrons. The van der Waals surface area contributed by atoms with Crippen LogP contribution in [0.15, 0.2) is 24.3 Å². The van der Waals surface area contributed by atoms with Gasteiger partial charge in [0.05, 0.1) is 12.0 Å². The third-order valence-electron chi connectivity index (χ3n) is 2.61. The summed E-state index contributed by atoms with van der Waals surface area (Å²) in [5.74, 6) is -0.876. The molecule has 0 bridgehead atoms. The molecule has 0 aliphatic rings. The zero-order chi connectivity index (χ0) is 15.1. The second-order valence-electron chi connectivity index (χ2n) is 6.09. The van der Waals surface area contributed by atoms with Gasteiger partial charge >= 0.3 is 5.97 Å². The highest BCUT2D eigenvalue weighted by Crippen LogP contribution is 2.20. The van der Waals surface area contributed by atoms with Crippen LogP contribution in [0.4, 0.5) is 0 Å². The lowest BCUT2D eigenvalue weighted by atomic mass is 9.94. The van der Waals surface area contributed by atoms with E-state index in [0.29, 0.717) is 12.8 Å². The summed E-state index contributed by atoms with van der Waals surface area (Å²) >= 11 is 0. The lowest BCUT2D eigenvalue weighted by Crippen LogP contribution is -2.34. The Kier molecular flexibility index (Phi) is 7.69. The molecule has 0 aromatic heterocycles. The second-order valence-corrected chi connectivity index (χ2v) is 6.09. The lowest BCUT2D eigenvalue weighted by Gasteiger charge is -2.26. The summed E-state index contributed by atoms with van der Waals surface area (Å²) in [5.41, 5.74) is 0.681. The van der Waals surface area contributed by atoms with E-state index in [-0.39, 0.29) is 5.97 Å². The first-order valence-electron chi connectivity index (χ1n) is 6.82. The summed E-state index contributed by atoms with van der Waals surface area (Å²) in [6.45, 7) is 13.1. The maximum Gasteiger partial charge on any atom is 0.312 e. The van der Waals surface area contributed by atoms with E-state index >= 15 is 0 Å². The van der Waals surface area contributed by atoms with E-state index in [4.69, 9.17) is 4.74 Å². The summed E-state index contributed by atoms with van der Waals surface area (Å²) in [6.07, 6.45) is 4.78. The minimum Gasteiger partial charge on any atom is -0.460 e. The van der Waals surface area contributed by atoms with Crippen molar-refractivity contribution in [2.75, 3.05) is 0 Å². The summed E-state index contributed by atoms with van der Waals surface area (Å²) in [4.78, 5) is 12.0. The van der Waals surface area contributed by atoms with Gasteiger partial charge in [-0.2, -0.15) is 0 Å². The monoisotopic (exact) mass is 268 g/mol. The normalized spacial score (nSPS) is 14.4. The van der Waals surface area contributed by atoms with Crippen LogP contribution in [0.5, 0.6) is 0 Å². The first kappa shape index (κ1) is 17.9. The van der Waals surface area contributed by atoms with Gasteiger partial charge in [0.15, 0.2) is 0 Å². The molecule has 2 atom stereocenters.